The van der Waals surface area contributed by atoms with Gasteiger partial charge in [-0.25, -0.2) is 4.79 Å². The van der Waals surface area contributed by atoms with Crippen molar-refractivity contribution in [2.24, 2.45) is 0 Å². The number of nitrogens with one attached hydrogen (secondary N) is 2. The van der Waals surface area contributed by atoms with E-state index >= 15 is 0 Å². The predicted octanol–water partition coefficient (Wildman–Crippen LogP) is 3.71. The molecule has 3 rings (SSSR count). The zero-order valence-electron chi connectivity index (χ0n) is 17.2. The number of nitrogens with zero attached hydrogens (tertiary/aromatic N) is 2. The van der Waals surface area contributed by atoms with Crippen LogP contribution in [0.25, 0.3) is 0 Å². The van der Waals surface area contributed by atoms with E-state index in [1.165, 1.54) is 4.90 Å². The Balaban J connectivity index is 1.56. The van der Waals surface area contributed by atoms with E-state index in [1.54, 1.807) is 48.0 Å². The summed E-state index contributed by atoms with van der Waals surface area (Å²) < 4.78 is 0. The number of thioether (sulfide) groups is 1. The predicted molar refractivity (Wildman–Crippen MR) is 121 cm³/mol. The largest absolute Gasteiger partial charge is 0.338 e. The van der Waals surface area contributed by atoms with Crippen molar-refractivity contribution in [2.45, 2.75) is 24.7 Å². The molecule has 0 radical (unpaired) electrons. The van der Waals surface area contributed by atoms with Gasteiger partial charge in [0.2, 0.25) is 11.8 Å². The van der Waals surface area contributed by atoms with Crippen molar-refractivity contribution in [3.63, 3.8) is 0 Å². The lowest BCUT2D eigenvalue weighted by atomic mass is 10.2. The van der Waals surface area contributed by atoms with Crippen molar-refractivity contribution in [3.05, 3.63) is 48.5 Å². The van der Waals surface area contributed by atoms with E-state index in [-0.39, 0.29) is 30.7 Å². The summed E-state index contributed by atoms with van der Waals surface area (Å²) in [7, 11) is 1.67. The first-order chi connectivity index (χ1) is 14.5. The molecule has 0 atom stereocenters. The number of benzene rings is 2. The summed E-state index contributed by atoms with van der Waals surface area (Å²) in [5.74, 6) is 0.560. The molecule has 7 nitrogen and oxygen atoms in total. The van der Waals surface area contributed by atoms with Crippen molar-refractivity contribution in [1.29, 1.82) is 0 Å². The van der Waals surface area contributed by atoms with Crippen molar-refractivity contribution in [3.8, 4) is 0 Å². The topological polar surface area (TPSA) is 81.8 Å². The molecule has 0 bridgehead atoms. The number of anilines is 3. The standard InChI is InChI=1S/C22H26N4O3S/c1-3-23-22(29)25(2)17-8-6-7-16(15-17)24-20(27)11-12-21(28)26-13-14-30-19-10-5-4-9-18(19)26/h4-10,15H,3,11-14H2,1-2H3,(H,23,29)(H,24,27). The second-order valence-corrected chi connectivity index (χ2v) is 7.99. The number of carbonyl (C=O) groups is 3. The third-order valence-electron chi connectivity index (χ3n) is 4.75. The van der Waals surface area contributed by atoms with Gasteiger partial charge in [-0.15, -0.1) is 11.8 Å². The second kappa shape index (κ2) is 10.2. The molecule has 0 aromatic heterocycles. The molecule has 0 fully saturated rings. The molecule has 1 aliphatic rings. The Morgan fingerprint density at radius 1 is 1.10 bits per heavy atom. The highest BCUT2D eigenvalue weighted by Crippen LogP contribution is 2.34. The van der Waals surface area contributed by atoms with E-state index in [1.807, 2.05) is 31.2 Å². The summed E-state index contributed by atoms with van der Waals surface area (Å²) in [5.41, 5.74) is 2.17. The maximum Gasteiger partial charge on any atom is 0.321 e. The molecule has 8 heteroatoms. The number of hydrogen-bond donors (Lipinski definition) is 2. The lowest BCUT2D eigenvalue weighted by Crippen LogP contribution is -2.37. The molecule has 30 heavy (non-hydrogen) atoms. The Morgan fingerprint density at radius 3 is 2.70 bits per heavy atom. The van der Waals surface area contributed by atoms with Crippen LogP contribution in [0.2, 0.25) is 0 Å². The Labute approximate surface area is 180 Å². The highest BCUT2D eigenvalue weighted by atomic mass is 32.2. The minimum Gasteiger partial charge on any atom is -0.338 e. The van der Waals surface area contributed by atoms with E-state index in [9.17, 15) is 14.4 Å². The number of urea groups is 1. The third kappa shape index (κ3) is 5.33. The Bertz CT molecular complexity index is 934. The van der Waals surface area contributed by atoms with Crippen LogP contribution in [0.1, 0.15) is 19.8 Å². The fraction of sp³-hybridized carbons (Fsp3) is 0.318. The van der Waals surface area contributed by atoms with Gasteiger partial charge < -0.3 is 15.5 Å². The quantitative estimate of drug-likeness (QED) is 0.738. The monoisotopic (exact) mass is 426 g/mol. The number of rotatable bonds is 6. The normalized spacial score (nSPS) is 12.7. The molecule has 0 unspecified atom stereocenters. The molecular formula is C22H26N4O3S. The SMILES string of the molecule is CCNC(=O)N(C)c1cccc(NC(=O)CCC(=O)N2CCSc3ccccc32)c1. The van der Waals surface area contributed by atoms with Crippen LogP contribution in [0.3, 0.4) is 0 Å². The molecule has 2 aromatic carbocycles. The molecule has 1 heterocycles. The van der Waals surface area contributed by atoms with Crippen LogP contribution in [0, 0.1) is 0 Å². The van der Waals surface area contributed by atoms with Crippen LogP contribution < -0.4 is 20.4 Å². The van der Waals surface area contributed by atoms with Gasteiger partial charge in [-0.1, -0.05) is 18.2 Å². The van der Waals surface area contributed by atoms with Crippen molar-refractivity contribution >= 4 is 46.7 Å². The van der Waals surface area contributed by atoms with Crippen molar-refractivity contribution < 1.29 is 14.4 Å². The zero-order valence-corrected chi connectivity index (χ0v) is 18.0. The van der Waals surface area contributed by atoms with Gasteiger partial charge in [0.15, 0.2) is 0 Å². The Kier molecular flexibility index (Phi) is 7.35. The first-order valence-electron chi connectivity index (χ1n) is 9.93. The van der Waals surface area contributed by atoms with Gasteiger partial charge in [0.25, 0.3) is 0 Å². The fourth-order valence-electron chi connectivity index (χ4n) is 3.19. The molecule has 158 valence electrons. The summed E-state index contributed by atoms with van der Waals surface area (Å²) in [4.78, 5) is 41.4. The second-order valence-electron chi connectivity index (χ2n) is 6.85. The number of hydrogen-bond acceptors (Lipinski definition) is 4. The number of para-hydroxylation sites is 1. The summed E-state index contributed by atoms with van der Waals surface area (Å²) in [6, 6.07) is 14.7. The summed E-state index contributed by atoms with van der Waals surface area (Å²) >= 11 is 1.74. The van der Waals surface area contributed by atoms with E-state index in [0.29, 0.717) is 24.5 Å². The van der Waals surface area contributed by atoms with Crippen LogP contribution in [0.5, 0.6) is 0 Å². The fourth-order valence-corrected chi connectivity index (χ4v) is 4.18. The molecule has 0 saturated heterocycles. The van der Waals surface area contributed by atoms with E-state index < -0.39 is 0 Å². The highest BCUT2D eigenvalue weighted by molar-refractivity contribution is 7.99. The summed E-state index contributed by atoms with van der Waals surface area (Å²) in [6.07, 6.45) is 0.240. The molecular weight excluding hydrogens is 400 g/mol. The number of amides is 4. The van der Waals surface area contributed by atoms with Crippen LogP contribution >= 0.6 is 11.8 Å². The minimum atomic E-state index is -0.235. The smallest absolute Gasteiger partial charge is 0.321 e. The van der Waals surface area contributed by atoms with Crippen LogP contribution in [-0.4, -0.2) is 43.7 Å². The first kappa shape index (κ1) is 21.7. The van der Waals surface area contributed by atoms with E-state index in [0.717, 1.165) is 16.3 Å². The van der Waals surface area contributed by atoms with Crippen LogP contribution in [0.15, 0.2) is 53.4 Å². The number of carbonyl (C=O) groups excluding carboxylic acids is 3. The highest BCUT2D eigenvalue weighted by Gasteiger charge is 2.23. The Hall–Kier alpha value is -3.00. The molecule has 0 aliphatic carbocycles. The van der Waals surface area contributed by atoms with Gasteiger partial charge in [-0.05, 0) is 37.3 Å². The van der Waals surface area contributed by atoms with Gasteiger partial charge in [0, 0.05) is 55.0 Å². The van der Waals surface area contributed by atoms with Gasteiger partial charge in [-0.3, -0.25) is 14.5 Å². The summed E-state index contributed by atoms with van der Waals surface area (Å²) in [5, 5.41) is 5.54. The van der Waals surface area contributed by atoms with Gasteiger partial charge in [0.05, 0.1) is 5.69 Å². The van der Waals surface area contributed by atoms with Crippen molar-refractivity contribution in [2.75, 3.05) is 41.0 Å². The molecule has 4 amide bonds. The van der Waals surface area contributed by atoms with Gasteiger partial charge >= 0.3 is 6.03 Å². The minimum absolute atomic E-state index is 0.0531. The maximum atomic E-state index is 12.7. The molecule has 2 N–H and O–H groups in total. The average Bonchev–Trinajstić information content (AvgIpc) is 2.77. The first-order valence-corrected chi connectivity index (χ1v) is 10.9. The Morgan fingerprint density at radius 2 is 1.90 bits per heavy atom. The van der Waals surface area contributed by atoms with Crippen LogP contribution in [0.4, 0.5) is 21.9 Å². The van der Waals surface area contributed by atoms with Gasteiger partial charge in [-0.2, -0.15) is 0 Å². The lowest BCUT2D eigenvalue weighted by molar-refractivity contribution is -0.122. The molecule has 2 aromatic rings. The van der Waals surface area contributed by atoms with Crippen LogP contribution in [-0.2, 0) is 9.59 Å². The molecule has 0 spiro atoms. The summed E-state index contributed by atoms with van der Waals surface area (Å²) in [6.45, 7) is 3.04. The average molecular weight is 427 g/mol. The maximum absolute atomic E-state index is 12.7. The van der Waals surface area contributed by atoms with Crippen molar-refractivity contribution in [1.82, 2.24) is 5.32 Å². The number of fused-ring (bicyclic) bond motifs is 1. The molecule has 1 aliphatic heterocycles. The van der Waals surface area contributed by atoms with Gasteiger partial charge in [0.1, 0.15) is 0 Å². The van der Waals surface area contributed by atoms with E-state index in [2.05, 4.69) is 10.6 Å². The lowest BCUT2D eigenvalue weighted by Gasteiger charge is -2.29. The molecule has 0 saturated carbocycles. The van der Waals surface area contributed by atoms with E-state index in [4.69, 9.17) is 0 Å². The third-order valence-corrected chi connectivity index (χ3v) is 5.79. The zero-order chi connectivity index (χ0) is 21.5.